The zero-order chi connectivity index (χ0) is 21.9. The molecule has 3 rings (SSSR count). The van der Waals surface area contributed by atoms with Gasteiger partial charge in [-0.05, 0) is 35.4 Å². The number of hydrogen-bond donors (Lipinski definition) is 2. The smallest absolute Gasteiger partial charge is 0.387 e. The Labute approximate surface area is 174 Å². The third-order valence-corrected chi connectivity index (χ3v) is 5.19. The summed E-state index contributed by atoms with van der Waals surface area (Å²) in [7, 11) is 1.51. The second-order valence-corrected chi connectivity index (χ2v) is 7.26. The molecule has 1 saturated heterocycles. The van der Waals surface area contributed by atoms with Crippen LogP contribution >= 0.6 is 11.6 Å². The fourth-order valence-electron chi connectivity index (χ4n) is 2.86. The van der Waals surface area contributed by atoms with Gasteiger partial charge in [0.05, 0.1) is 16.0 Å². The highest BCUT2D eigenvalue weighted by Crippen LogP contribution is 2.39. The van der Waals surface area contributed by atoms with Crippen LogP contribution in [0.25, 0.3) is 0 Å². The number of nitrogens with zero attached hydrogens (tertiary/aromatic N) is 4. The standard InChI is InChI=1S/C17H19ClF2N6O4/c1-17(5-7-29-8-6-17)14(28)21-12-10(30-15(19)20)4-3-9(11(12)18)13(27)22-16-23-24-25-26(16)2/h3-4,15H,5-8H2,1-2H3,(H,21,28)(H,22,23,25,27). The molecule has 2 aromatic rings. The molecule has 1 aliphatic heterocycles. The number of carbonyl (C=O) groups excluding carboxylic acids is 2. The van der Waals surface area contributed by atoms with Crippen molar-refractivity contribution in [3.63, 3.8) is 0 Å². The van der Waals surface area contributed by atoms with Gasteiger partial charge in [0.15, 0.2) is 5.75 Å². The highest BCUT2D eigenvalue weighted by atomic mass is 35.5. The van der Waals surface area contributed by atoms with Crippen molar-refractivity contribution in [3.05, 3.63) is 22.7 Å². The van der Waals surface area contributed by atoms with Crippen LogP contribution in [0.15, 0.2) is 12.1 Å². The third kappa shape index (κ3) is 4.65. The normalized spacial score (nSPS) is 15.7. The molecule has 1 aromatic heterocycles. The maximum absolute atomic E-state index is 12.9. The van der Waals surface area contributed by atoms with Gasteiger partial charge in [-0.2, -0.15) is 8.78 Å². The minimum atomic E-state index is -3.15. The second-order valence-electron chi connectivity index (χ2n) is 6.89. The Morgan fingerprint density at radius 3 is 2.60 bits per heavy atom. The van der Waals surface area contributed by atoms with E-state index in [4.69, 9.17) is 16.3 Å². The first-order chi connectivity index (χ1) is 14.2. The van der Waals surface area contributed by atoms with Gasteiger partial charge in [0.25, 0.3) is 5.91 Å². The van der Waals surface area contributed by atoms with E-state index in [9.17, 15) is 18.4 Å². The van der Waals surface area contributed by atoms with Crippen molar-refractivity contribution in [1.82, 2.24) is 20.2 Å². The van der Waals surface area contributed by atoms with E-state index >= 15 is 0 Å². The molecule has 1 aliphatic rings. The van der Waals surface area contributed by atoms with Gasteiger partial charge in [-0.15, -0.1) is 0 Å². The number of aryl methyl sites for hydroxylation is 1. The number of ether oxygens (including phenoxy) is 2. The van der Waals surface area contributed by atoms with Crippen LogP contribution in [0, 0.1) is 5.41 Å². The molecule has 0 unspecified atom stereocenters. The van der Waals surface area contributed by atoms with E-state index in [0.29, 0.717) is 26.1 Å². The summed E-state index contributed by atoms with van der Waals surface area (Å²) in [5.74, 6) is -1.46. The first kappa shape index (κ1) is 21.8. The van der Waals surface area contributed by atoms with Gasteiger partial charge in [0.2, 0.25) is 11.9 Å². The van der Waals surface area contributed by atoms with Crippen molar-refractivity contribution < 1.29 is 27.8 Å². The van der Waals surface area contributed by atoms with Crippen molar-refractivity contribution in [2.75, 3.05) is 23.8 Å². The number of anilines is 2. The summed E-state index contributed by atoms with van der Waals surface area (Å²) in [5.41, 5.74) is -1.10. The second kappa shape index (κ2) is 8.88. The van der Waals surface area contributed by atoms with Crippen LogP contribution in [0.2, 0.25) is 5.02 Å². The number of carbonyl (C=O) groups is 2. The van der Waals surface area contributed by atoms with Crippen molar-refractivity contribution in [2.24, 2.45) is 12.5 Å². The van der Waals surface area contributed by atoms with E-state index in [2.05, 4.69) is 30.9 Å². The molecule has 0 radical (unpaired) electrons. The molecule has 2 amide bonds. The SMILES string of the molecule is Cn1nnnc1NC(=O)c1ccc(OC(F)F)c(NC(=O)C2(C)CCOCC2)c1Cl. The Bertz CT molecular complexity index is 948. The molecule has 13 heteroatoms. The molecular weight excluding hydrogens is 426 g/mol. The molecule has 30 heavy (non-hydrogen) atoms. The fourth-order valence-corrected chi connectivity index (χ4v) is 3.15. The number of aromatic nitrogens is 4. The van der Waals surface area contributed by atoms with Gasteiger partial charge < -0.3 is 14.8 Å². The van der Waals surface area contributed by atoms with Crippen molar-refractivity contribution in [3.8, 4) is 5.75 Å². The predicted molar refractivity (Wildman–Crippen MR) is 102 cm³/mol. The monoisotopic (exact) mass is 444 g/mol. The Hall–Kier alpha value is -2.86. The van der Waals surface area contributed by atoms with Gasteiger partial charge in [-0.3, -0.25) is 14.9 Å². The number of benzene rings is 1. The number of hydrogen-bond acceptors (Lipinski definition) is 7. The Morgan fingerprint density at radius 2 is 2.00 bits per heavy atom. The van der Waals surface area contributed by atoms with Crippen LogP contribution in [0.4, 0.5) is 20.4 Å². The maximum Gasteiger partial charge on any atom is 0.387 e. The lowest BCUT2D eigenvalue weighted by molar-refractivity contribution is -0.129. The minimum Gasteiger partial charge on any atom is -0.433 e. The summed E-state index contributed by atoms with van der Waals surface area (Å²) < 4.78 is 36.7. The van der Waals surface area contributed by atoms with Crippen LogP contribution in [0.3, 0.4) is 0 Å². The lowest BCUT2D eigenvalue weighted by atomic mass is 9.81. The zero-order valence-corrected chi connectivity index (χ0v) is 16.9. The highest BCUT2D eigenvalue weighted by Gasteiger charge is 2.36. The lowest BCUT2D eigenvalue weighted by Crippen LogP contribution is -2.38. The molecule has 0 spiro atoms. The van der Waals surface area contributed by atoms with Gasteiger partial charge in [-0.1, -0.05) is 23.6 Å². The molecule has 162 valence electrons. The molecular formula is C17H19ClF2N6O4. The lowest BCUT2D eigenvalue weighted by Gasteiger charge is -2.32. The first-order valence-corrected chi connectivity index (χ1v) is 9.29. The van der Waals surface area contributed by atoms with Gasteiger partial charge in [0.1, 0.15) is 5.69 Å². The summed E-state index contributed by atoms with van der Waals surface area (Å²) in [5, 5.41) is 15.3. The van der Waals surface area contributed by atoms with Gasteiger partial charge in [0, 0.05) is 20.3 Å². The topological polar surface area (TPSA) is 120 Å². The quantitative estimate of drug-likeness (QED) is 0.702. The average Bonchev–Trinajstić information content (AvgIpc) is 3.09. The summed E-state index contributed by atoms with van der Waals surface area (Å²) in [6.45, 7) is -0.623. The van der Waals surface area contributed by atoms with Crippen LogP contribution in [-0.4, -0.2) is 51.8 Å². The van der Waals surface area contributed by atoms with E-state index in [1.54, 1.807) is 6.92 Å². The number of rotatable bonds is 6. The molecule has 0 aliphatic carbocycles. The molecule has 1 aromatic carbocycles. The Kier molecular flexibility index (Phi) is 6.46. The van der Waals surface area contributed by atoms with Crippen LogP contribution in [-0.2, 0) is 16.6 Å². The zero-order valence-electron chi connectivity index (χ0n) is 16.1. The molecule has 0 saturated carbocycles. The minimum absolute atomic E-state index is 0.0456. The molecule has 2 N–H and O–H groups in total. The number of nitrogens with one attached hydrogen (secondary N) is 2. The summed E-state index contributed by atoms with van der Waals surface area (Å²) in [6.07, 6.45) is 0.891. The molecule has 0 atom stereocenters. The number of alkyl halides is 2. The predicted octanol–water partition coefficient (Wildman–Crippen LogP) is 2.47. The Morgan fingerprint density at radius 1 is 1.30 bits per heavy atom. The summed E-state index contributed by atoms with van der Waals surface area (Å²) in [4.78, 5) is 25.5. The van der Waals surface area contributed by atoms with E-state index in [1.165, 1.54) is 17.8 Å². The summed E-state index contributed by atoms with van der Waals surface area (Å²) in [6, 6.07) is 2.33. The first-order valence-electron chi connectivity index (χ1n) is 8.91. The molecule has 10 nitrogen and oxygen atoms in total. The molecule has 0 bridgehead atoms. The largest absolute Gasteiger partial charge is 0.433 e. The summed E-state index contributed by atoms with van der Waals surface area (Å²) >= 11 is 6.32. The van der Waals surface area contributed by atoms with Crippen LogP contribution in [0.5, 0.6) is 5.75 Å². The Balaban J connectivity index is 1.92. The van der Waals surface area contributed by atoms with E-state index in [1.807, 2.05) is 0 Å². The van der Waals surface area contributed by atoms with Crippen LogP contribution < -0.4 is 15.4 Å². The number of tetrazole rings is 1. The van der Waals surface area contributed by atoms with E-state index < -0.39 is 23.8 Å². The fraction of sp³-hybridized carbons (Fsp3) is 0.471. The van der Waals surface area contributed by atoms with E-state index in [-0.39, 0.29) is 28.0 Å². The highest BCUT2D eigenvalue weighted by molar-refractivity contribution is 6.37. The number of amides is 2. The van der Waals surface area contributed by atoms with Crippen LogP contribution in [0.1, 0.15) is 30.1 Å². The van der Waals surface area contributed by atoms with Crippen molar-refractivity contribution >= 4 is 35.1 Å². The molecule has 1 fully saturated rings. The van der Waals surface area contributed by atoms with Crippen molar-refractivity contribution in [1.29, 1.82) is 0 Å². The molecule has 2 heterocycles. The third-order valence-electron chi connectivity index (χ3n) is 4.79. The average molecular weight is 445 g/mol. The maximum atomic E-state index is 12.9. The van der Waals surface area contributed by atoms with Crippen molar-refractivity contribution in [2.45, 2.75) is 26.4 Å². The number of halogens is 3. The van der Waals surface area contributed by atoms with E-state index in [0.717, 1.165) is 6.07 Å². The van der Waals surface area contributed by atoms with Gasteiger partial charge in [-0.25, -0.2) is 4.68 Å². The van der Waals surface area contributed by atoms with Gasteiger partial charge >= 0.3 is 6.61 Å².